The lowest BCUT2D eigenvalue weighted by atomic mass is 10.1. The van der Waals surface area contributed by atoms with Crippen molar-refractivity contribution in [2.75, 3.05) is 7.11 Å². The summed E-state index contributed by atoms with van der Waals surface area (Å²) in [6.07, 6.45) is 0. The van der Waals surface area contributed by atoms with Crippen LogP contribution in [0.4, 0.5) is 0 Å². The number of aliphatic hydroxyl groups excluding tert-OH is 1. The molecule has 0 bridgehead atoms. The van der Waals surface area contributed by atoms with Gasteiger partial charge in [0.2, 0.25) is 0 Å². The molecule has 2 rings (SSSR count). The first-order chi connectivity index (χ1) is 9.51. The number of carbonyl (C=O) groups excluding carboxylic acids is 1. The van der Waals surface area contributed by atoms with Gasteiger partial charge in [-0.05, 0) is 50.1 Å². The quantitative estimate of drug-likeness (QED) is 0.875. The normalized spacial score (nSPS) is 10.7. The van der Waals surface area contributed by atoms with Gasteiger partial charge in [-0.3, -0.25) is 0 Å². The fraction of sp³-hybridized carbons (Fsp3) is 0.312. The molecule has 0 spiro atoms. The highest BCUT2D eigenvalue weighted by Gasteiger charge is 2.16. The van der Waals surface area contributed by atoms with Crippen molar-refractivity contribution in [3.05, 3.63) is 52.3 Å². The molecule has 4 heteroatoms. The molecule has 1 aromatic carbocycles. The Labute approximate surface area is 118 Å². The predicted molar refractivity (Wildman–Crippen MR) is 77.2 cm³/mol. The number of aryl methyl sites for hydroxylation is 1. The number of aliphatic hydroxyl groups is 1. The Morgan fingerprint density at radius 1 is 1.30 bits per heavy atom. The monoisotopic (exact) mass is 273 g/mol. The Kier molecular flexibility index (Phi) is 3.95. The standard InChI is InChI=1S/C16H19NO3/c1-10-8-13(9-18)12(3)17(10)15-7-5-6-14(11(15)2)16(19)20-4/h5-8,18H,9H2,1-4H3. The summed E-state index contributed by atoms with van der Waals surface area (Å²) >= 11 is 0. The summed E-state index contributed by atoms with van der Waals surface area (Å²) in [5.74, 6) is -0.339. The highest BCUT2D eigenvalue weighted by molar-refractivity contribution is 5.92. The van der Waals surface area contributed by atoms with Crippen molar-refractivity contribution < 1.29 is 14.6 Å². The van der Waals surface area contributed by atoms with Crippen LogP contribution >= 0.6 is 0 Å². The first-order valence-corrected chi connectivity index (χ1v) is 6.48. The van der Waals surface area contributed by atoms with Crippen molar-refractivity contribution in [3.8, 4) is 5.69 Å². The van der Waals surface area contributed by atoms with Crippen LogP contribution < -0.4 is 0 Å². The summed E-state index contributed by atoms with van der Waals surface area (Å²) in [7, 11) is 1.38. The SMILES string of the molecule is COC(=O)c1cccc(-n2c(C)cc(CO)c2C)c1C. The molecule has 0 amide bonds. The van der Waals surface area contributed by atoms with E-state index in [0.717, 1.165) is 28.2 Å². The Bertz CT molecular complexity index is 656. The van der Waals surface area contributed by atoms with Crippen LogP contribution in [0.2, 0.25) is 0 Å². The molecule has 1 aromatic heterocycles. The number of esters is 1. The fourth-order valence-corrected chi connectivity index (χ4v) is 2.56. The molecule has 0 aliphatic rings. The second-order valence-corrected chi connectivity index (χ2v) is 4.83. The maximum atomic E-state index is 11.8. The van der Waals surface area contributed by atoms with Gasteiger partial charge in [0.15, 0.2) is 0 Å². The molecule has 0 fully saturated rings. The average molecular weight is 273 g/mol. The number of aromatic nitrogens is 1. The first-order valence-electron chi connectivity index (χ1n) is 6.48. The van der Waals surface area contributed by atoms with Crippen LogP contribution in [0, 0.1) is 20.8 Å². The lowest BCUT2D eigenvalue weighted by Crippen LogP contribution is -2.08. The molecule has 0 aliphatic heterocycles. The van der Waals surface area contributed by atoms with E-state index in [1.54, 1.807) is 6.07 Å². The van der Waals surface area contributed by atoms with Crippen molar-refractivity contribution in [2.24, 2.45) is 0 Å². The number of nitrogens with zero attached hydrogens (tertiary/aromatic N) is 1. The second-order valence-electron chi connectivity index (χ2n) is 4.83. The summed E-state index contributed by atoms with van der Waals surface area (Å²) in [5, 5.41) is 9.37. The summed E-state index contributed by atoms with van der Waals surface area (Å²) in [4.78, 5) is 11.8. The maximum absolute atomic E-state index is 11.8. The Morgan fingerprint density at radius 2 is 2.00 bits per heavy atom. The Morgan fingerprint density at radius 3 is 2.55 bits per heavy atom. The maximum Gasteiger partial charge on any atom is 0.338 e. The number of benzene rings is 1. The van der Waals surface area contributed by atoms with Crippen molar-refractivity contribution in [1.29, 1.82) is 0 Å². The smallest absolute Gasteiger partial charge is 0.338 e. The van der Waals surface area contributed by atoms with Crippen LogP contribution in [0.5, 0.6) is 0 Å². The molecule has 0 saturated heterocycles. The lowest BCUT2D eigenvalue weighted by Gasteiger charge is -2.15. The molecule has 106 valence electrons. The van der Waals surface area contributed by atoms with E-state index in [1.165, 1.54) is 7.11 Å². The average Bonchev–Trinajstić information content (AvgIpc) is 2.73. The molecular formula is C16H19NO3. The predicted octanol–water partition coefficient (Wildman–Crippen LogP) is 2.68. The van der Waals surface area contributed by atoms with Crippen LogP contribution in [0.25, 0.3) is 5.69 Å². The van der Waals surface area contributed by atoms with Crippen LogP contribution in [-0.2, 0) is 11.3 Å². The third kappa shape index (κ3) is 2.23. The summed E-state index contributed by atoms with van der Waals surface area (Å²) < 4.78 is 6.86. The van der Waals surface area contributed by atoms with Gasteiger partial charge in [-0.15, -0.1) is 0 Å². The summed E-state index contributed by atoms with van der Waals surface area (Å²) in [6.45, 7) is 5.85. The van der Waals surface area contributed by atoms with Crippen LogP contribution in [-0.4, -0.2) is 22.8 Å². The Hall–Kier alpha value is -2.07. The molecule has 0 unspecified atom stereocenters. The minimum absolute atomic E-state index is 0.00934. The lowest BCUT2D eigenvalue weighted by molar-refractivity contribution is 0.0600. The molecular weight excluding hydrogens is 254 g/mol. The fourth-order valence-electron chi connectivity index (χ4n) is 2.56. The first kappa shape index (κ1) is 14.3. The zero-order chi connectivity index (χ0) is 14.9. The van der Waals surface area contributed by atoms with Gasteiger partial charge in [0.1, 0.15) is 0 Å². The third-order valence-corrected chi connectivity index (χ3v) is 3.66. The van der Waals surface area contributed by atoms with Gasteiger partial charge in [-0.1, -0.05) is 6.07 Å². The Balaban J connectivity index is 2.65. The van der Waals surface area contributed by atoms with Gasteiger partial charge in [0.05, 0.1) is 19.3 Å². The number of ether oxygens (including phenoxy) is 1. The van der Waals surface area contributed by atoms with E-state index >= 15 is 0 Å². The minimum atomic E-state index is -0.339. The number of hydrogen-bond donors (Lipinski definition) is 1. The van der Waals surface area contributed by atoms with Crippen molar-refractivity contribution >= 4 is 5.97 Å². The van der Waals surface area contributed by atoms with Crippen molar-refractivity contribution in [1.82, 2.24) is 4.57 Å². The van der Waals surface area contributed by atoms with Crippen molar-refractivity contribution in [2.45, 2.75) is 27.4 Å². The van der Waals surface area contributed by atoms with E-state index < -0.39 is 0 Å². The number of methoxy groups -OCH3 is 1. The number of hydrogen-bond acceptors (Lipinski definition) is 3. The molecule has 20 heavy (non-hydrogen) atoms. The van der Waals surface area contributed by atoms with Gasteiger partial charge in [-0.25, -0.2) is 4.79 Å². The molecule has 0 atom stereocenters. The zero-order valence-electron chi connectivity index (χ0n) is 12.2. The number of carbonyl (C=O) groups is 1. The van der Waals surface area contributed by atoms with Gasteiger partial charge in [0.25, 0.3) is 0 Å². The van der Waals surface area contributed by atoms with E-state index in [0.29, 0.717) is 5.56 Å². The zero-order valence-corrected chi connectivity index (χ0v) is 12.2. The topological polar surface area (TPSA) is 51.5 Å². The van der Waals surface area contributed by atoms with Gasteiger partial charge >= 0.3 is 5.97 Å². The molecule has 4 nitrogen and oxygen atoms in total. The number of rotatable bonds is 3. The second kappa shape index (κ2) is 5.51. The highest BCUT2D eigenvalue weighted by atomic mass is 16.5. The summed E-state index contributed by atoms with van der Waals surface area (Å²) in [6, 6.07) is 7.51. The van der Waals surface area contributed by atoms with Crippen LogP contribution in [0.1, 0.15) is 32.9 Å². The van der Waals surface area contributed by atoms with E-state index in [-0.39, 0.29) is 12.6 Å². The summed E-state index contributed by atoms with van der Waals surface area (Å²) in [5.41, 5.74) is 5.26. The molecule has 0 saturated carbocycles. The van der Waals surface area contributed by atoms with E-state index in [1.807, 2.05) is 43.5 Å². The molecule has 1 N–H and O–H groups in total. The van der Waals surface area contributed by atoms with Gasteiger partial charge < -0.3 is 14.4 Å². The van der Waals surface area contributed by atoms with E-state index in [9.17, 15) is 9.90 Å². The highest BCUT2D eigenvalue weighted by Crippen LogP contribution is 2.25. The van der Waals surface area contributed by atoms with Crippen LogP contribution in [0.15, 0.2) is 24.3 Å². The third-order valence-electron chi connectivity index (χ3n) is 3.66. The van der Waals surface area contributed by atoms with E-state index in [4.69, 9.17) is 4.74 Å². The van der Waals surface area contributed by atoms with Gasteiger partial charge in [0, 0.05) is 17.1 Å². The largest absolute Gasteiger partial charge is 0.465 e. The van der Waals surface area contributed by atoms with Gasteiger partial charge in [-0.2, -0.15) is 0 Å². The van der Waals surface area contributed by atoms with Crippen molar-refractivity contribution in [3.63, 3.8) is 0 Å². The molecule has 0 radical (unpaired) electrons. The molecule has 0 aliphatic carbocycles. The van der Waals surface area contributed by atoms with E-state index in [2.05, 4.69) is 0 Å². The van der Waals surface area contributed by atoms with Crippen LogP contribution in [0.3, 0.4) is 0 Å². The molecule has 1 heterocycles. The minimum Gasteiger partial charge on any atom is -0.465 e. The molecule has 2 aromatic rings.